The Hall–Kier alpha value is 0.120. The van der Waals surface area contributed by atoms with Crippen LogP contribution in [0.2, 0.25) is 10.0 Å². The normalized spacial score (nSPS) is 17.8. The average Bonchev–Trinajstić information content (AvgIpc) is 3.05. The average molecular weight is 377 g/mol. The molecule has 0 radical (unpaired) electrons. The van der Waals surface area contributed by atoms with Crippen molar-refractivity contribution in [1.82, 2.24) is 4.72 Å². The molecule has 18 heavy (non-hydrogen) atoms. The van der Waals surface area contributed by atoms with Gasteiger partial charge in [0.1, 0.15) is 4.90 Å². The van der Waals surface area contributed by atoms with Crippen LogP contribution < -0.4 is 4.72 Å². The van der Waals surface area contributed by atoms with Gasteiger partial charge in [0, 0.05) is 10.9 Å². The first-order valence-electron chi connectivity index (χ1n) is 5.05. The highest BCUT2D eigenvalue weighted by atomic mass is 79.9. The number of halogens is 4. The third-order valence-corrected chi connectivity index (χ3v) is 6.22. The summed E-state index contributed by atoms with van der Waals surface area (Å²) in [6.45, 7) is 0. The first kappa shape index (κ1) is 14.5. The number of rotatable bonds is 4. The minimum atomic E-state index is -3.85. The van der Waals surface area contributed by atoms with Gasteiger partial charge in [-0.2, -0.15) is 0 Å². The lowest BCUT2D eigenvalue weighted by molar-refractivity contribution is 0.558. The maximum absolute atomic E-state index is 13.5. The molecule has 0 aromatic heterocycles. The molecule has 0 saturated heterocycles. The molecule has 0 atom stereocenters. The van der Waals surface area contributed by atoms with Gasteiger partial charge in [0.15, 0.2) is 5.82 Å². The van der Waals surface area contributed by atoms with Crippen LogP contribution in [0.1, 0.15) is 12.8 Å². The first-order valence-corrected chi connectivity index (χ1v) is 8.41. The molecular weight excluding hydrogens is 368 g/mol. The van der Waals surface area contributed by atoms with E-state index in [2.05, 4.69) is 20.7 Å². The molecule has 1 aliphatic rings. The van der Waals surface area contributed by atoms with Gasteiger partial charge in [0.25, 0.3) is 0 Å². The van der Waals surface area contributed by atoms with Crippen LogP contribution in [0.5, 0.6) is 0 Å². The topological polar surface area (TPSA) is 46.2 Å². The standard InChI is InChI=1S/C10H9BrCl2FNO2S/c11-5-10(3-4-10)15-18(16,17)7-2-1-6(12)9(14)8(7)13/h1-2,15H,3-5H2. The van der Waals surface area contributed by atoms with Crippen LogP contribution in [0, 0.1) is 5.82 Å². The zero-order chi connectivity index (χ0) is 13.6. The molecule has 0 amide bonds. The fourth-order valence-electron chi connectivity index (χ4n) is 1.47. The Labute approximate surface area is 123 Å². The Balaban J connectivity index is 2.39. The Morgan fingerprint density at radius 3 is 2.50 bits per heavy atom. The van der Waals surface area contributed by atoms with Gasteiger partial charge in [-0.15, -0.1) is 0 Å². The summed E-state index contributed by atoms with van der Waals surface area (Å²) in [5.74, 6) is -0.926. The predicted molar refractivity (Wildman–Crippen MR) is 72.5 cm³/mol. The number of sulfonamides is 1. The molecule has 2 rings (SSSR count). The second-order valence-electron chi connectivity index (χ2n) is 4.19. The molecule has 1 aliphatic carbocycles. The van der Waals surface area contributed by atoms with Crippen LogP contribution in [0.3, 0.4) is 0 Å². The van der Waals surface area contributed by atoms with Gasteiger partial charge in [0.2, 0.25) is 10.0 Å². The second kappa shape index (κ2) is 4.90. The van der Waals surface area contributed by atoms with E-state index < -0.39 is 26.4 Å². The number of hydrogen-bond donors (Lipinski definition) is 1. The van der Waals surface area contributed by atoms with Crippen LogP contribution >= 0.6 is 39.1 Å². The van der Waals surface area contributed by atoms with E-state index in [1.807, 2.05) is 0 Å². The molecule has 8 heteroatoms. The highest BCUT2D eigenvalue weighted by Crippen LogP contribution is 2.39. The number of alkyl halides is 1. The maximum Gasteiger partial charge on any atom is 0.242 e. The minimum Gasteiger partial charge on any atom is -0.207 e. The quantitative estimate of drug-likeness (QED) is 0.647. The third kappa shape index (κ3) is 2.67. The summed E-state index contributed by atoms with van der Waals surface area (Å²) < 4.78 is 40.2. The first-order chi connectivity index (χ1) is 8.31. The van der Waals surface area contributed by atoms with Crippen molar-refractivity contribution in [3.05, 3.63) is 28.0 Å². The molecule has 100 valence electrons. The van der Waals surface area contributed by atoms with Gasteiger partial charge in [-0.25, -0.2) is 17.5 Å². The lowest BCUT2D eigenvalue weighted by atomic mass is 10.3. The van der Waals surface area contributed by atoms with Crippen molar-refractivity contribution in [2.24, 2.45) is 0 Å². The molecule has 0 heterocycles. The fourth-order valence-corrected chi connectivity index (χ4v) is 4.56. The fraction of sp³-hybridized carbons (Fsp3) is 0.400. The SMILES string of the molecule is O=S(=O)(NC1(CBr)CC1)c1ccc(Cl)c(F)c1Cl. The summed E-state index contributed by atoms with van der Waals surface area (Å²) in [6, 6.07) is 2.37. The van der Waals surface area contributed by atoms with Crippen LogP contribution in [0.15, 0.2) is 17.0 Å². The zero-order valence-corrected chi connectivity index (χ0v) is 12.9. The Morgan fingerprint density at radius 2 is 2.00 bits per heavy atom. The van der Waals surface area contributed by atoms with E-state index in [-0.39, 0.29) is 9.92 Å². The van der Waals surface area contributed by atoms with Crippen molar-refractivity contribution in [2.75, 3.05) is 5.33 Å². The Kier molecular flexibility index (Phi) is 3.96. The van der Waals surface area contributed by atoms with Gasteiger partial charge in [0.05, 0.1) is 10.0 Å². The van der Waals surface area contributed by atoms with Gasteiger partial charge < -0.3 is 0 Å². The summed E-state index contributed by atoms with van der Waals surface area (Å²) in [5, 5.41) is -0.187. The van der Waals surface area contributed by atoms with Gasteiger partial charge in [-0.3, -0.25) is 0 Å². The molecule has 1 fully saturated rings. The molecule has 0 aliphatic heterocycles. The largest absolute Gasteiger partial charge is 0.242 e. The monoisotopic (exact) mass is 375 g/mol. The van der Waals surface area contributed by atoms with E-state index >= 15 is 0 Å². The smallest absolute Gasteiger partial charge is 0.207 e. The van der Waals surface area contributed by atoms with Gasteiger partial charge in [-0.1, -0.05) is 39.1 Å². The van der Waals surface area contributed by atoms with Crippen molar-refractivity contribution < 1.29 is 12.8 Å². The highest BCUT2D eigenvalue weighted by molar-refractivity contribution is 9.09. The lowest BCUT2D eigenvalue weighted by Crippen LogP contribution is -2.38. The van der Waals surface area contributed by atoms with Crippen molar-refractivity contribution in [1.29, 1.82) is 0 Å². The summed E-state index contributed by atoms with van der Waals surface area (Å²) in [5.41, 5.74) is -0.474. The second-order valence-corrected chi connectivity index (χ2v) is 7.19. The molecule has 3 nitrogen and oxygen atoms in total. The Morgan fingerprint density at radius 1 is 1.39 bits per heavy atom. The van der Waals surface area contributed by atoms with E-state index in [9.17, 15) is 12.8 Å². The van der Waals surface area contributed by atoms with E-state index in [4.69, 9.17) is 23.2 Å². The summed E-state index contributed by atoms with van der Waals surface area (Å²) in [6.07, 6.45) is 1.48. The highest BCUT2D eigenvalue weighted by Gasteiger charge is 2.45. The Bertz CT molecular complexity index is 590. The van der Waals surface area contributed by atoms with Crippen molar-refractivity contribution in [3.63, 3.8) is 0 Å². The van der Waals surface area contributed by atoms with E-state index in [1.165, 1.54) is 12.1 Å². The molecule has 0 bridgehead atoms. The summed E-state index contributed by atoms with van der Waals surface area (Å²) in [4.78, 5) is -0.293. The van der Waals surface area contributed by atoms with Crippen LogP contribution in [0.25, 0.3) is 0 Å². The lowest BCUT2D eigenvalue weighted by Gasteiger charge is -2.15. The van der Waals surface area contributed by atoms with E-state index in [0.717, 1.165) is 12.8 Å². The van der Waals surface area contributed by atoms with Crippen molar-refractivity contribution >= 4 is 49.2 Å². The van der Waals surface area contributed by atoms with Gasteiger partial charge >= 0.3 is 0 Å². The maximum atomic E-state index is 13.5. The summed E-state index contributed by atoms with van der Waals surface area (Å²) >= 11 is 14.5. The van der Waals surface area contributed by atoms with Crippen LogP contribution in [0.4, 0.5) is 4.39 Å². The molecule has 1 aromatic rings. The number of nitrogens with one attached hydrogen (secondary N) is 1. The minimum absolute atomic E-state index is 0.208. The van der Waals surface area contributed by atoms with Crippen LogP contribution in [-0.4, -0.2) is 19.3 Å². The molecule has 0 spiro atoms. The molecule has 1 N–H and O–H groups in total. The molecule has 0 unspecified atom stereocenters. The molecule has 1 saturated carbocycles. The third-order valence-electron chi connectivity index (χ3n) is 2.75. The predicted octanol–water partition coefficient (Wildman–Crippen LogP) is 3.34. The number of hydrogen-bond acceptors (Lipinski definition) is 2. The van der Waals surface area contributed by atoms with Crippen LogP contribution in [-0.2, 0) is 10.0 Å². The van der Waals surface area contributed by atoms with Crippen molar-refractivity contribution in [3.8, 4) is 0 Å². The molecular formula is C10H9BrCl2FNO2S. The van der Waals surface area contributed by atoms with E-state index in [0.29, 0.717) is 5.33 Å². The zero-order valence-electron chi connectivity index (χ0n) is 9.01. The van der Waals surface area contributed by atoms with Gasteiger partial charge in [-0.05, 0) is 25.0 Å². The molecule has 1 aromatic carbocycles. The van der Waals surface area contributed by atoms with Crippen molar-refractivity contribution in [2.45, 2.75) is 23.3 Å². The van der Waals surface area contributed by atoms with E-state index in [1.54, 1.807) is 0 Å². The summed E-state index contributed by atoms with van der Waals surface area (Å²) in [7, 11) is -3.85. The number of benzene rings is 1.